The molecule has 2 aliphatic rings. The Hall–Kier alpha value is -2.69. The zero-order chi connectivity index (χ0) is 18.6. The molecule has 1 aliphatic heterocycles. The van der Waals surface area contributed by atoms with Crippen molar-refractivity contribution < 1.29 is 9.59 Å². The molecule has 27 heavy (non-hydrogen) atoms. The standard InChI is InChI=1S/C22H25N3O2/c26-21(24-20-12-6-7-13-23-20)19(14-16-8-2-1-3-9-16)25-15-17-10-4-5-11-18(17)22(25)27/h4-7,10-13,16,19H,1-3,8-9,14-15H2,(H,23,24,26). The van der Waals surface area contributed by atoms with Gasteiger partial charge in [0.15, 0.2) is 0 Å². The molecule has 2 heterocycles. The number of carbonyl (C=O) groups is 2. The summed E-state index contributed by atoms with van der Waals surface area (Å²) in [5.74, 6) is 0.845. The molecule has 0 saturated heterocycles. The van der Waals surface area contributed by atoms with Gasteiger partial charge in [-0.05, 0) is 36.1 Å². The Kier molecular flexibility index (Phi) is 5.19. The lowest BCUT2D eigenvalue weighted by atomic mass is 9.84. The van der Waals surface area contributed by atoms with E-state index in [1.54, 1.807) is 17.2 Å². The number of nitrogens with zero attached hydrogens (tertiary/aromatic N) is 2. The van der Waals surface area contributed by atoms with Crippen molar-refractivity contribution in [1.82, 2.24) is 9.88 Å². The topological polar surface area (TPSA) is 62.3 Å². The first-order valence-corrected chi connectivity index (χ1v) is 9.83. The van der Waals surface area contributed by atoms with Crippen LogP contribution in [0, 0.1) is 5.92 Å². The van der Waals surface area contributed by atoms with Gasteiger partial charge in [0.25, 0.3) is 5.91 Å². The minimum Gasteiger partial charge on any atom is -0.322 e. The fourth-order valence-corrected chi connectivity index (χ4v) is 4.29. The number of benzene rings is 1. The number of aromatic nitrogens is 1. The fourth-order valence-electron chi connectivity index (χ4n) is 4.29. The normalized spacial score (nSPS) is 18.2. The van der Waals surface area contributed by atoms with Crippen LogP contribution in [0.25, 0.3) is 0 Å². The molecule has 1 aromatic carbocycles. The van der Waals surface area contributed by atoms with E-state index in [-0.39, 0.29) is 11.8 Å². The maximum absolute atomic E-state index is 13.1. The molecule has 1 aliphatic carbocycles. The molecule has 0 radical (unpaired) electrons. The number of anilines is 1. The molecule has 0 bridgehead atoms. The smallest absolute Gasteiger partial charge is 0.255 e. The van der Waals surface area contributed by atoms with Crippen LogP contribution in [-0.4, -0.2) is 27.7 Å². The molecule has 5 heteroatoms. The van der Waals surface area contributed by atoms with E-state index in [9.17, 15) is 9.59 Å². The highest BCUT2D eigenvalue weighted by Crippen LogP contribution is 2.32. The third-order valence-corrected chi connectivity index (χ3v) is 5.73. The molecule has 1 fully saturated rings. The molecule has 140 valence electrons. The number of amides is 2. The van der Waals surface area contributed by atoms with Crippen LogP contribution in [0.1, 0.15) is 54.4 Å². The monoisotopic (exact) mass is 363 g/mol. The van der Waals surface area contributed by atoms with Crippen molar-refractivity contribution in [2.45, 2.75) is 51.1 Å². The molecule has 2 amide bonds. The van der Waals surface area contributed by atoms with Crippen LogP contribution in [0.2, 0.25) is 0 Å². The predicted octanol–water partition coefficient (Wildman–Crippen LogP) is 4.02. The maximum atomic E-state index is 13.1. The number of hydrogen-bond donors (Lipinski definition) is 1. The highest BCUT2D eigenvalue weighted by atomic mass is 16.2. The fraction of sp³-hybridized carbons (Fsp3) is 0.409. The maximum Gasteiger partial charge on any atom is 0.255 e. The van der Waals surface area contributed by atoms with E-state index in [2.05, 4.69) is 10.3 Å². The third kappa shape index (κ3) is 3.87. The van der Waals surface area contributed by atoms with Crippen molar-refractivity contribution in [1.29, 1.82) is 0 Å². The number of rotatable bonds is 5. The number of hydrogen-bond acceptors (Lipinski definition) is 3. The van der Waals surface area contributed by atoms with Gasteiger partial charge in [-0.3, -0.25) is 9.59 Å². The van der Waals surface area contributed by atoms with Gasteiger partial charge in [-0.1, -0.05) is 56.4 Å². The van der Waals surface area contributed by atoms with E-state index in [1.807, 2.05) is 36.4 Å². The summed E-state index contributed by atoms with van der Waals surface area (Å²) in [5, 5.41) is 2.91. The Bertz CT molecular complexity index is 815. The Balaban J connectivity index is 1.56. The van der Waals surface area contributed by atoms with Gasteiger partial charge in [0.2, 0.25) is 5.91 Å². The van der Waals surface area contributed by atoms with Gasteiger partial charge >= 0.3 is 0 Å². The first-order valence-electron chi connectivity index (χ1n) is 9.83. The van der Waals surface area contributed by atoms with Gasteiger partial charge in [0.05, 0.1) is 0 Å². The summed E-state index contributed by atoms with van der Waals surface area (Å²) >= 11 is 0. The quantitative estimate of drug-likeness (QED) is 0.873. The van der Waals surface area contributed by atoms with Gasteiger partial charge in [-0.25, -0.2) is 4.98 Å². The number of fused-ring (bicyclic) bond motifs is 1. The van der Waals surface area contributed by atoms with E-state index >= 15 is 0 Å². The van der Waals surface area contributed by atoms with Gasteiger partial charge < -0.3 is 10.2 Å². The lowest BCUT2D eigenvalue weighted by Crippen LogP contribution is -2.45. The molecule has 2 aromatic rings. The van der Waals surface area contributed by atoms with Crippen molar-refractivity contribution in [3.05, 3.63) is 59.8 Å². The molecule has 1 unspecified atom stereocenters. The SMILES string of the molecule is O=C(Nc1ccccn1)C(CC1CCCCC1)N1Cc2ccccc2C1=O. The first kappa shape index (κ1) is 17.7. The number of pyridine rings is 1. The second-order valence-electron chi connectivity index (χ2n) is 7.55. The molecule has 1 atom stereocenters. The van der Waals surface area contributed by atoms with Crippen LogP contribution in [0.4, 0.5) is 5.82 Å². The highest BCUT2D eigenvalue weighted by Gasteiger charge is 2.37. The van der Waals surface area contributed by atoms with Crippen LogP contribution in [0.3, 0.4) is 0 Å². The summed E-state index contributed by atoms with van der Waals surface area (Å²) in [4.78, 5) is 32.0. The minimum absolute atomic E-state index is 0.0393. The summed E-state index contributed by atoms with van der Waals surface area (Å²) < 4.78 is 0. The van der Waals surface area contributed by atoms with Crippen molar-refractivity contribution in [2.75, 3.05) is 5.32 Å². The van der Waals surface area contributed by atoms with Gasteiger partial charge in [0.1, 0.15) is 11.9 Å². The van der Waals surface area contributed by atoms with Gasteiger partial charge in [-0.15, -0.1) is 0 Å². The lowest BCUT2D eigenvalue weighted by molar-refractivity contribution is -0.121. The van der Waals surface area contributed by atoms with E-state index < -0.39 is 6.04 Å². The second kappa shape index (κ2) is 7.91. The zero-order valence-corrected chi connectivity index (χ0v) is 15.4. The lowest BCUT2D eigenvalue weighted by Gasteiger charge is -2.31. The average Bonchev–Trinajstić information content (AvgIpc) is 3.04. The first-order chi connectivity index (χ1) is 13.2. The second-order valence-corrected chi connectivity index (χ2v) is 7.55. The average molecular weight is 363 g/mol. The molecule has 0 spiro atoms. The summed E-state index contributed by atoms with van der Waals surface area (Å²) in [7, 11) is 0. The molecule has 4 rings (SSSR count). The number of nitrogens with one attached hydrogen (secondary N) is 1. The van der Waals surface area contributed by atoms with E-state index in [0.29, 0.717) is 18.3 Å². The van der Waals surface area contributed by atoms with E-state index in [1.165, 1.54) is 19.3 Å². The highest BCUT2D eigenvalue weighted by molar-refractivity contribution is 6.03. The van der Waals surface area contributed by atoms with Crippen molar-refractivity contribution >= 4 is 17.6 Å². The Morgan fingerprint density at radius 1 is 1.11 bits per heavy atom. The molecule has 1 N–H and O–H groups in total. The van der Waals surface area contributed by atoms with Crippen molar-refractivity contribution in [3.8, 4) is 0 Å². The van der Waals surface area contributed by atoms with Crippen LogP contribution in [0.15, 0.2) is 48.7 Å². The molecular weight excluding hydrogens is 338 g/mol. The summed E-state index contributed by atoms with van der Waals surface area (Å²) in [6.45, 7) is 0.502. The minimum atomic E-state index is -0.463. The van der Waals surface area contributed by atoms with Crippen molar-refractivity contribution in [2.24, 2.45) is 5.92 Å². The summed E-state index contributed by atoms with van der Waals surface area (Å²) in [6, 6.07) is 12.6. The Labute approximate surface area is 159 Å². The predicted molar refractivity (Wildman–Crippen MR) is 104 cm³/mol. The van der Waals surface area contributed by atoms with Crippen LogP contribution >= 0.6 is 0 Å². The van der Waals surface area contributed by atoms with Gasteiger partial charge in [0, 0.05) is 18.3 Å². The molecule has 1 aromatic heterocycles. The Morgan fingerprint density at radius 3 is 2.63 bits per heavy atom. The number of carbonyl (C=O) groups excluding carboxylic acids is 2. The largest absolute Gasteiger partial charge is 0.322 e. The van der Waals surface area contributed by atoms with E-state index in [0.717, 1.165) is 30.4 Å². The van der Waals surface area contributed by atoms with E-state index in [4.69, 9.17) is 0 Å². The Morgan fingerprint density at radius 2 is 1.89 bits per heavy atom. The summed E-state index contributed by atoms with van der Waals surface area (Å²) in [6.07, 6.45) is 8.36. The molecule has 5 nitrogen and oxygen atoms in total. The third-order valence-electron chi connectivity index (χ3n) is 5.73. The van der Waals surface area contributed by atoms with Crippen LogP contribution in [0.5, 0.6) is 0 Å². The van der Waals surface area contributed by atoms with Crippen LogP contribution < -0.4 is 5.32 Å². The van der Waals surface area contributed by atoms with Gasteiger partial charge in [-0.2, -0.15) is 0 Å². The zero-order valence-electron chi connectivity index (χ0n) is 15.4. The molecule has 1 saturated carbocycles. The van der Waals surface area contributed by atoms with Crippen LogP contribution in [-0.2, 0) is 11.3 Å². The summed E-state index contributed by atoms with van der Waals surface area (Å²) in [5.41, 5.74) is 1.72. The van der Waals surface area contributed by atoms with Crippen molar-refractivity contribution in [3.63, 3.8) is 0 Å². The molecular formula is C22H25N3O2.